The van der Waals surface area contributed by atoms with E-state index in [1.165, 1.54) is 25.6 Å². The fourth-order valence-corrected chi connectivity index (χ4v) is 3.87. The van der Waals surface area contributed by atoms with Gasteiger partial charge in [-0.1, -0.05) is 42.5 Å². The SMILES string of the molecule is COc1ccccc1Oc1c(NS(=O)(=O)C=Cc2ccccc2)nc(-c2ncccn2)nc1OCCO.[K]. The van der Waals surface area contributed by atoms with Gasteiger partial charge in [-0.15, -0.1) is 0 Å². The van der Waals surface area contributed by atoms with Crippen molar-refractivity contribution in [2.24, 2.45) is 0 Å². The molecule has 0 aliphatic rings. The molecule has 191 valence electrons. The van der Waals surface area contributed by atoms with Crippen LogP contribution in [0.25, 0.3) is 17.7 Å². The maximum absolute atomic E-state index is 13.0. The Morgan fingerprint density at radius 3 is 2.29 bits per heavy atom. The van der Waals surface area contributed by atoms with Crippen molar-refractivity contribution in [2.75, 3.05) is 25.0 Å². The van der Waals surface area contributed by atoms with Crippen molar-refractivity contribution in [2.45, 2.75) is 0 Å². The third-order valence-corrected chi connectivity index (χ3v) is 5.66. The molecule has 2 heterocycles. The van der Waals surface area contributed by atoms with Crippen LogP contribution in [0.1, 0.15) is 5.56 Å². The van der Waals surface area contributed by atoms with Crippen molar-refractivity contribution in [1.29, 1.82) is 0 Å². The average Bonchev–Trinajstić information content (AvgIpc) is 2.93. The quantitative estimate of drug-likeness (QED) is 0.262. The molecule has 38 heavy (non-hydrogen) atoms. The van der Waals surface area contributed by atoms with Crippen molar-refractivity contribution in [3.05, 3.63) is 84.0 Å². The van der Waals surface area contributed by atoms with E-state index in [4.69, 9.17) is 14.2 Å². The molecule has 4 aromatic rings. The minimum atomic E-state index is -4.08. The summed E-state index contributed by atoms with van der Waals surface area (Å²) in [5.41, 5.74) is 0.686. The van der Waals surface area contributed by atoms with Crippen molar-refractivity contribution < 1.29 is 27.7 Å². The van der Waals surface area contributed by atoms with Gasteiger partial charge in [0.2, 0.25) is 11.6 Å². The summed E-state index contributed by atoms with van der Waals surface area (Å²) in [6.07, 6.45) is 4.42. The average molecular weight is 561 g/mol. The molecule has 0 spiro atoms. The molecule has 0 aliphatic heterocycles. The predicted molar refractivity (Wildman–Crippen MR) is 142 cm³/mol. The van der Waals surface area contributed by atoms with Crippen LogP contribution < -0.4 is 18.9 Å². The van der Waals surface area contributed by atoms with Crippen molar-refractivity contribution in [1.82, 2.24) is 19.9 Å². The smallest absolute Gasteiger partial charge is 0.263 e. The third-order valence-electron chi connectivity index (χ3n) is 4.69. The molecule has 1 radical (unpaired) electrons. The molecule has 2 aromatic heterocycles. The molecule has 0 saturated heterocycles. The summed E-state index contributed by atoms with van der Waals surface area (Å²) >= 11 is 0. The van der Waals surface area contributed by atoms with Gasteiger partial charge in [0, 0.05) is 63.8 Å². The van der Waals surface area contributed by atoms with Gasteiger partial charge in [-0.2, -0.15) is 4.98 Å². The summed E-state index contributed by atoms with van der Waals surface area (Å²) in [7, 11) is -2.61. The number of hydrogen-bond donors (Lipinski definition) is 2. The summed E-state index contributed by atoms with van der Waals surface area (Å²) in [5, 5.41) is 10.3. The van der Waals surface area contributed by atoms with Gasteiger partial charge in [0.15, 0.2) is 23.1 Å². The van der Waals surface area contributed by atoms with Crippen molar-refractivity contribution in [3.8, 4) is 34.8 Å². The Bertz CT molecular complexity index is 1470. The van der Waals surface area contributed by atoms with Gasteiger partial charge in [0.1, 0.15) is 6.61 Å². The zero-order chi connectivity index (χ0) is 26.1. The Kier molecular flexibility index (Phi) is 11.2. The number of para-hydroxylation sites is 2. The predicted octanol–water partition coefficient (Wildman–Crippen LogP) is 3.14. The molecule has 0 fully saturated rings. The number of hydrogen-bond acceptors (Lipinski definition) is 10. The maximum Gasteiger partial charge on any atom is 0.263 e. The van der Waals surface area contributed by atoms with E-state index in [9.17, 15) is 13.5 Å². The van der Waals surface area contributed by atoms with Crippen LogP contribution in [0.5, 0.6) is 23.1 Å². The molecule has 0 amide bonds. The number of nitrogens with zero attached hydrogens (tertiary/aromatic N) is 4. The summed E-state index contributed by atoms with van der Waals surface area (Å²) in [5.74, 6) is 0.229. The Morgan fingerprint density at radius 2 is 1.61 bits per heavy atom. The Morgan fingerprint density at radius 1 is 0.921 bits per heavy atom. The molecule has 2 N–H and O–H groups in total. The monoisotopic (exact) mass is 560 g/mol. The van der Waals surface area contributed by atoms with E-state index in [1.807, 2.05) is 6.07 Å². The van der Waals surface area contributed by atoms with Crippen molar-refractivity contribution in [3.63, 3.8) is 0 Å². The summed E-state index contributed by atoms with van der Waals surface area (Å²) in [6.45, 7) is -0.468. The molecular weight excluding hydrogens is 537 g/mol. The first kappa shape index (κ1) is 29.6. The summed E-state index contributed by atoms with van der Waals surface area (Å²) in [4.78, 5) is 16.9. The van der Waals surface area contributed by atoms with Crippen LogP contribution in [0, 0.1) is 0 Å². The van der Waals surface area contributed by atoms with Crippen LogP contribution in [-0.4, -0.2) is 105 Å². The Labute approximate surface area is 262 Å². The number of rotatable bonds is 11. The van der Waals surface area contributed by atoms with E-state index in [-0.39, 0.29) is 99.4 Å². The number of nitrogens with one attached hydrogen (secondary N) is 1. The molecule has 0 atom stereocenters. The van der Waals surface area contributed by atoms with Crippen LogP contribution in [0.2, 0.25) is 0 Å². The van der Waals surface area contributed by atoms with Crippen LogP contribution in [0.4, 0.5) is 5.82 Å². The molecule has 0 unspecified atom stereocenters. The van der Waals surface area contributed by atoms with Gasteiger partial charge in [-0.05, 0) is 29.8 Å². The van der Waals surface area contributed by atoms with Crippen LogP contribution in [0.3, 0.4) is 0 Å². The second kappa shape index (κ2) is 14.3. The van der Waals surface area contributed by atoms with Gasteiger partial charge >= 0.3 is 0 Å². The third kappa shape index (κ3) is 8.04. The van der Waals surface area contributed by atoms with Gasteiger partial charge < -0.3 is 19.3 Å². The minimum absolute atomic E-state index is 0. The maximum atomic E-state index is 13.0. The molecule has 11 nitrogen and oxygen atoms in total. The molecule has 0 bridgehead atoms. The first-order valence-electron chi connectivity index (χ1n) is 11.0. The van der Waals surface area contributed by atoms with Crippen LogP contribution in [0.15, 0.2) is 78.5 Å². The number of sulfonamides is 1. The van der Waals surface area contributed by atoms with E-state index in [0.29, 0.717) is 11.3 Å². The second-order valence-corrected chi connectivity index (χ2v) is 8.85. The number of ether oxygens (including phenoxy) is 3. The Hall–Kier alpha value is -2.91. The van der Waals surface area contributed by atoms with E-state index >= 15 is 0 Å². The number of benzene rings is 2. The van der Waals surface area contributed by atoms with Crippen LogP contribution >= 0.6 is 0 Å². The normalized spacial score (nSPS) is 11.0. The van der Waals surface area contributed by atoms with Gasteiger partial charge in [0.05, 0.1) is 19.1 Å². The largest absolute Gasteiger partial charge is 0.493 e. The van der Waals surface area contributed by atoms with Gasteiger partial charge in [0.25, 0.3) is 15.9 Å². The first-order valence-corrected chi connectivity index (χ1v) is 12.5. The Balaban J connectivity index is 0.00000400. The van der Waals surface area contributed by atoms with E-state index < -0.39 is 10.0 Å². The molecular formula is C25H23KN5O6S. The number of aromatic nitrogens is 4. The molecule has 0 aliphatic carbocycles. The number of anilines is 1. The van der Waals surface area contributed by atoms with Crippen molar-refractivity contribution >= 4 is 73.3 Å². The summed E-state index contributed by atoms with van der Waals surface area (Å²) < 4.78 is 45.4. The topological polar surface area (TPSA) is 146 Å². The molecule has 13 heteroatoms. The van der Waals surface area contributed by atoms with Gasteiger partial charge in [-0.25, -0.2) is 23.4 Å². The van der Waals surface area contributed by atoms with Gasteiger partial charge in [-0.3, -0.25) is 4.72 Å². The second-order valence-electron chi connectivity index (χ2n) is 7.29. The van der Waals surface area contributed by atoms with E-state index in [1.54, 1.807) is 54.6 Å². The van der Waals surface area contributed by atoms with E-state index in [2.05, 4.69) is 24.7 Å². The zero-order valence-electron chi connectivity index (χ0n) is 20.7. The standard InChI is InChI=1S/C25H23N5O6S.K/c1-34-19-10-5-6-11-20(19)36-21-22(30-37(32,33)17-12-18-8-3-2-4-9-18)28-24(23-26-13-7-14-27-23)29-25(21)35-16-15-31;/h2-14,17,31H,15-16H2,1H3,(H,28,29,30);. The number of aliphatic hydroxyl groups excluding tert-OH is 1. The molecule has 0 saturated carbocycles. The fourth-order valence-electron chi connectivity index (χ4n) is 3.06. The van der Waals surface area contributed by atoms with Crippen LogP contribution in [-0.2, 0) is 10.0 Å². The number of aliphatic hydroxyl groups is 1. The summed E-state index contributed by atoms with van der Waals surface area (Å²) in [6, 6.07) is 17.3. The minimum Gasteiger partial charge on any atom is -0.493 e. The molecule has 2 aromatic carbocycles. The zero-order valence-corrected chi connectivity index (χ0v) is 24.6. The van der Waals surface area contributed by atoms with E-state index in [0.717, 1.165) is 5.41 Å². The first-order chi connectivity index (χ1) is 18.0. The number of methoxy groups -OCH3 is 1. The fraction of sp³-hybridized carbons (Fsp3) is 0.120. The molecule has 4 rings (SSSR count).